The lowest BCUT2D eigenvalue weighted by molar-refractivity contribution is 0.211. The highest BCUT2D eigenvalue weighted by Gasteiger charge is 2.08. The Balaban J connectivity index is 2.32. The van der Waals surface area contributed by atoms with Gasteiger partial charge in [0.2, 0.25) is 0 Å². The van der Waals surface area contributed by atoms with Gasteiger partial charge in [0, 0.05) is 18.6 Å². The van der Waals surface area contributed by atoms with Crippen molar-refractivity contribution < 1.29 is 4.74 Å². The number of ether oxygens (including phenoxy) is 1. The smallest absolute Gasteiger partial charge is 0.157 e. The fraction of sp³-hybridized carbons (Fsp3) is 0.786. The maximum absolute atomic E-state index is 5.83. The Kier molecular flexibility index (Phi) is 6.19. The molecule has 0 aromatic carbocycles. The number of rotatable bonds is 8. The van der Waals surface area contributed by atoms with Gasteiger partial charge < -0.3 is 10.1 Å². The topological polar surface area (TPSA) is 39.1 Å². The third kappa shape index (κ3) is 5.08. The van der Waals surface area contributed by atoms with E-state index < -0.39 is 0 Å². The largest absolute Gasteiger partial charge is 0.486 e. The second-order valence-electron chi connectivity index (χ2n) is 5.28. The summed E-state index contributed by atoms with van der Waals surface area (Å²) in [5, 5.41) is 7.75. The third-order valence-corrected chi connectivity index (χ3v) is 2.92. The molecule has 0 aliphatic heterocycles. The van der Waals surface area contributed by atoms with E-state index in [0.29, 0.717) is 12.1 Å². The zero-order chi connectivity index (χ0) is 13.5. The number of nitrogens with zero attached hydrogens (tertiary/aromatic N) is 2. The van der Waals surface area contributed by atoms with Gasteiger partial charge in [-0.2, -0.15) is 5.10 Å². The molecule has 1 N–H and O–H groups in total. The first-order chi connectivity index (χ1) is 8.52. The van der Waals surface area contributed by atoms with Crippen LogP contribution in [0.1, 0.15) is 53.5 Å². The summed E-state index contributed by atoms with van der Waals surface area (Å²) in [7, 11) is 0. The molecule has 2 atom stereocenters. The van der Waals surface area contributed by atoms with Crippen LogP contribution < -0.4 is 10.1 Å². The van der Waals surface area contributed by atoms with Crippen molar-refractivity contribution in [3.8, 4) is 5.75 Å². The molecule has 104 valence electrons. The van der Waals surface area contributed by atoms with Gasteiger partial charge in [-0.15, -0.1) is 0 Å². The van der Waals surface area contributed by atoms with Gasteiger partial charge >= 0.3 is 0 Å². The first-order valence-electron chi connectivity index (χ1n) is 6.97. The molecule has 4 nitrogen and oxygen atoms in total. The van der Waals surface area contributed by atoms with E-state index >= 15 is 0 Å². The summed E-state index contributed by atoms with van der Waals surface area (Å²) >= 11 is 0. The molecule has 0 amide bonds. The Labute approximate surface area is 111 Å². The highest BCUT2D eigenvalue weighted by atomic mass is 16.5. The minimum Gasteiger partial charge on any atom is -0.486 e. The standard InChI is InChI=1S/C14H27N3O/c1-6-7-12(4)15-8-13(5)18-14-9-16-17(10-14)11(2)3/h9-13,15H,6-8H2,1-5H3. The molecule has 1 heterocycles. The van der Waals surface area contributed by atoms with E-state index in [1.54, 1.807) is 6.20 Å². The van der Waals surface area contributed by atoms with Gasteiger partial charge in [-0.25, -0.2) is 0 Å². The molecule has 0 spiro atoms. The van der Waals surface area contributed by atoms with Gasteiger partial charge in [0.05, 0.1) is 12.4 Å². The highest BCUT2D eigenvalue weighted by molar-refractivity contribution is 5.12. The lowest BCUT2D eigenvalue weighted by Gasteiger charge is -2.18. The van der Waals surface area contributed by atoms with Crippen molar-refractivity contribution in [2.24, 2.45) is 0 Å². The Morgan fingerprint density at radius 2 is 2.06 bits per heavy atom. The van der Waals surface area contributed by atoms with Gasteiger partial charge in [-0.1, -0.05) is 13.3 Å². The molecule has 0 fully saturated rings. The van der Waals surface area contributed by atoms with E-state index in [1.807, 2.05) is 10.9 Å². The second kappa shape index (κ2) is 7.41. The van der Waals surface area contributed by atoms with Crippen molar-refractivity contribution >= 4 is 0 Å². The van der Waals surface area contributed by atoms with E-state index in [1.165, 1.54) is 12.8 Å². The average Bonchev–Trinajstić information content (AvgIpc) is 2.75. The van der Waals surface area contributed by atoms with Gasteiger partial charge in [-0.05, 0) is 34.1 Å². The van der Waals surface area contributed by atoms with Crippen LogP contribution in [0.25, 0.3) is 0 Å². The zero-order valence-corrected chi connectivity index (χ0v) is 12.3. The molecule has 0 radical (unpaired) electrons. The van der Waals surface area contributed by atoms with Crippen LogP contribution in [0.2, 0.25) is 0 Å². The quantitative estimate of drug-likeness (QED) is 0.774. The van der Waals surface area contributed by atoms with Gasteiger partial charge in [0.1, 0.15) is 6.10 Å². The minimum absolute atomic E-state index is 0.161. The molecule has 0 saturated carbocycles. The first-order valence-corrected chi connectivity index (χ1v) is 6.97. The van der Waals surface area contributed by atoms with E-state index in [-0.39, 0.29) is 6.10 Å². The summed E-state index contributed by atoms with van der Waals surface area (Å²) in [5.74, 6) is 0.848. The van der Waals surface area contributed by atoms with Gasteiger partial charge in [0.15, 0.2) is 5.75 Å². The Morgan fingerprint density at radius 1 is 1.33 bits per heavy atom. The van der Waals surface area contributed by atoms with Crippen LogP contribution in [0.3, 0.4) is 0 Å². The molecule has 0 bridgehead atoms. The molecule has 1 aromatic rings. The van der Waals surface area contributed by atoms with Crippen molar-refractivity contribution in [2.75, 3.05) is 6.54 Å². The van der Waals surface area contributed by atoms with Crippen LogP contribution >= 0.6 is 0 Å². The maximum Gasteiger partial charge on any atom is 0.157 e. The van der Waals surface area contributed by atoms with Crippen LogP contribution in [0.15, 0.2) is 12.4 Å². The molecule has 0 saturated heterocycles. The normalized spacial score (nSPS) is 14.8. The van der Waals surface area contributed by atoms with Crippen LogP contribution in [-0.2, 0) is 0 Å². The monoisotopic (exact) mass is 253 g/mol. The van der Waals surface area contributed by atoms with E-state index in [4.69, 9.17) is 4.74 Å². The molecular weight excluding hydrogens is 226 g/mol. The molecule has 2 unspecified atom stereocenters. The van der Waals surface area contributed by atoms with Gasteiger partial charge in [-0.3, -0.25) is 4.68 Å². The maximum atomic E-state index is 5.83. The van der Waals surface area contributed by atoms with Crippen molar-refractivity contribution in [2.45, 2.75) is 65.6 Å². The lowest BCUT2D eigenvalue weighted by atomic mass is 10.2. The molecule has 1 aromatic heterocycles. The highest BCUT2D eigenvalue weighted by Crippen LogP contribution is 2.13. The Morgan fingerprint density at radius 3 is 2.61 bits per heavy atom. The predicted molar refractivity (Wildman–Crippen MR) is 75.1 cm³/mol. The third-order valence-electron chi connectivity index (χ3n) is 2.92. The molecule has 0 aliphatic carbocycles. The van der Waals surface area contributed by atoms with E-state index in [9.17, 15) is 0 Å². The number of hydrogen-bond donors (Lipinski definition) is 1. The number of hydrogen-bond acceptors (Lipinski definition) is 3. The number of aromatic nitrogens is 2. The van der Waals surface area contributed by atoms with Crippen LogP contribution in [0.4, 0.5) is 0 Å². The minimum atomic E-state index is 0.161. The van der Waals surface area contributed by atoms with Crippen LogP contribution in [-0.4, -0.2) is 28.5 Å². The molecule has 4 heteroatoms. The fourth-order valence-electron chi connectivity index (χ4n) is 1.84. The Bertz CT molecular complexity index is 336. The Hall–Kier alpha value is -1.03. The SMILES string of the molecule is CCCC(C)NCC(C)Oc1cnn(C(C)C)c1. The zero-order valence-electron chi connectivity index (χ0n) is 12.3. The first kappa shape index (κ1) is 15.0. The van der Waals surface area contributed by atoms with E-state index in [0.717, 1.165) is 12.3 Å². The van der Waals surface area contributed by atoms with Crippen LogP contribution in [0.5, 0.6) is 5.75 Å². The molecular formula is C14H27N3O. The number of nitrogens with one attached hydrogen (secondary N) is 1. The summed E-state index contributed by atoms with van der Waals surface area (Å²) in [6.07, 6.45) is 6.32. The fourth-order valence-corrected chi connectivity index (χ4v) is 1.84. The summed E-state index contributed by atoms with van der Waals surface area (Å²) in [4.78, 5) is 0. The van der Waals surface area contributed by atoms with Crippen molar-refractivity contribution in [1.29, 1.82) is 0 Å². The lowest BCUT2D eigenvalue weighted by Crippen LogP contribution is -2.34. The summed E-state index contributed by atoms with van der Waals surface area (Å²) < 4.78 is 7.74. The summed E-state index contributed by atoms with van der Waals surface area (Å²) in [6.45, 7) is 11.6. The average molecular weight is 253 g/mol. The van der Waals surface area contributed by atoms with Crippen molar-refractivity contribution in [3.63, 3.8) is 0 Å². The van der Waals surface area contributed by atoms with E-state index in [2.05, 4.69) is 45.0 Å². The molecule has 0 aliphatic rings. The van der Waals surface area contributed by atoms with Crippen LogP contribution in [0, 0.1) is 0 Å². The predicted octanol–water partition coefficient (Wildman–Crippen LogP) is 3.01. The molecule has 1 rings (SSSR count). The molecule has 18 heavy (non-hydrogen) atoms. The van der Waals surface area contributed by atoms with Crippen molar-refractivity contribution in [1.82, 2.24) is 15.1 Å². The van der Waals surface area contributed by atoms with Gasteiger partial charge in [0.25, 0.3) is 0 Å². The second-order valence-corrected chi connectivity index (χ2v) is 5.28. The summed E-state index contributed by atoms with van der Waals surface area (Å²) in [6, 6.07) is 0.930. The summed E-state index contributed by atoms with van der Waals surface area (Å²) in [5.41, 5.74) is 0. The van der Waals surface area contributed by atoms with Crippen molar-refractivity contribution in [3.05, 3.63) is 12.4 Å².